The van der Waals surface area contributed by atoms with E-state index in [2.05, 4.69) is 45.1 Å². The molecule has 1 unspecified atom stereocenters. The molecule has 182 valence electrons. The van der Waals surface area contributed by atoms with Crippen LogP contribution in [0.2, 0.25) is 0 Å². The Bertz CT molecular complexity index is 1020. The number of rotatable bonds is 10. The second-order valence-electron chi connectivity index (χ2n) is 9.01. The van der Waals surface area contributed by atoms with Crippen molar-refractivity contribution in [3.05, 3.63) is 59.2 Å². The highest BCUT2D eigenvalue weighted by atomic mass is 32.2. The molecule has 0 spiro atoms. The number of benzene rings is 2. The summed E-state index contributed by atoms with van der Waals surface area (Å²) in [6.45, 7) is 14.4. The quantitative estimate of drug-likeness (QED) is 0.399. The molecule has 1 atom stereocenters. The molecule has 0 bridgehead atoms. The van der Waals surface area contributed by atoms with Gasteiger partial charge in [-0.05, 0) is 60.9 Å². The number of amides is 2. The third kappa shape index (κ3) is 7.22. The van der Waals surface area contributed by atoms with E-state index in [-0.39, 0.29) is 35.4 Å². The van der Waals surface area contributed by atoms with Crippen LogP contribution in [0, 0.1) is 0 Å². The number of carbonyl (C=O) groups excluding carboxylic acids is 1. The Morgan fingerprint density at radius 3 is 2.06 bits per heavy atom. The van der Waals surface area contributed by atoms with Crippen LogP contribution >= 0.6 is 0 Å². The Kier molecular flexibility index (Phi) is 9.35. The number of hydrogen-bond donors (Lipinski definition) is 1. The second kappa shape index (κ2) is 11.5. The summed E-state index contributed by atoms with van der Waals surface area (Å²) in [7, 11) is -3.61. The molecule has 2 rings (SSSR count). The summed E-state index contributed by atoms with van der Waals surface area (Å²) in [5, 5.41) is 3.20. The van der Waals surface area contributed by atoms with Gasteiger partial charge in [-0.3, -0.25) is 0 Å². The normalized spacial score (nSPS) is 12.6. The highest BCUT2D eigenvalue weighted by molar-refractivity contribution is 7.87. The molecule has 6 nitrogen and oxygen atoms in total. The molecule has 0 heterocycles. The maximum absolute atomic E-state index is 13.5. The molecule has 2 aromatic rings. The number of nitrogens with one attached hydrogen (secondary N) is 1. The number of nitrogens with zero attached hydrogens (tertiary/aromatic N) is 1. The standard InChI is InChI=1S/C26H38N2O4S/c1-8-20(7)28(17-21-12-10-13-22(16-21)32-33(30,31)9-2)26(29)27-25-23(18(3)4)14-11-15-24(25)19(5)6/h10-16,18-20H,8-9,17H2,1-7H3,(H,27,29). The van der Waals surface area contributed by atoms with Crippen LogP contribution in [0.4, 0.5) is 10.5 Å². The van der Waals surface area contributed by atoms with Crippen LogP contribution in [0.5, 0.6) is 5.75 Å². The van der Waals surface area contributed by atoms with Gasteiger partial charge in [0.05, 0.1) is 5.75 Å². The van der Waals surface area contributed by atoms with E-state index in [4.69, 9.17) is 4.18 Å². The number of urea groups is 1. The predicted molar refractivity (Wildman–Crippen MR) is 135 cm³/mol. The van der Waals surface area contributed by atoms with Gasteiger partial charge in [0.15, 0.2) is 0 Å². The zero-order chi connectivity index (χ0) is 24.8. The largest absolute Gasteiger partial charge is 0.382 e. The topological polar surface area (TPSA) is 75.7 Å². The highest BCUT2D eigenvalue weighted by Gasteiger charge is 2.23. The molecular weight excluding hydrogens is 436 g/mol. The van der Waals surface area contributed by atoms with Crippen molar-refractivity contribution >= 4 is 21.8 Å². The van der Waals surface area contributed by atoms with Gasteiger partial charge in [-0.25, -0.2) is 4.79 Å². The minimum absolute atomic E-state index is 0.0114. The van der Waals surface area contributed by atoms with E-state index in [9.17, 15) is 13.2 Å². The van der Waals surface area contributed by atoms with Gasteiger partial charge >= 0.3 is 16.1 Å². The summed E-state index contributed by atoms with van der Waals surface area (Å²) in [4.78, 5) is 15.3. The van der Waals surface area contributed by atoms with Crippen LogP contribution in [0.15, 0.2) is 42.5 Å². The summed E-state index contributed by atoms with van der Waals surface area (Å²) in [5.74, 6) is 0.688. The van der Waals surface area contributed by atoms with Crippen LogP contribution in [0.25, 0.3) is 0 Å². The molecule has 0 saturated heterocycles. The second-order valence-corrected chi connectivity index (χ2v) is 10.9. The third-order valence-electron chi connectivity index (χ3n) is 5.82. The summed E-state index contributed by atoms with van der Waals surface area (Å²) in [5.41, 5.74) is 3.90. The molecule has 0 aliphatic rings. The van der Waals surface area contributed by atoms with E-state index in [0.717, 1.165) is 28.8 Å². The smallest absolute Gasteiger partial charge is 0.322 e. The lowest BCUT2D eigenvalue weighted by Gasteiger charge is -2.30. The first-order valence-electron chi connectivity index (χ1n) is 11.7. The highest BCUT2D eigenvalue weighted by Crippen LogP contribution is 2.33. The van der Waals surface area contributed by atoms with Crippen molar-refractivity contribution in [2.24, 2.45) is 0 Å². The van der Waals surface area contributed by atoms with Gasteiger partial charge in [-0.15, -0.1) is 0 Å². The third-order valence-corrected chi connectivity index (χ3v) is 6.97. The van der Waals surface area contributed by atoms with Crippen molar-refractivity contribution in [3.63, 3.8) is 0 Å². The van der Waals surface area contributed by atoms with E-state index < -0.39 is 10.1 Å². The Morgan fingerprint density at radius 2 is 1.55 bits per heavy atom. The van der Waals surface area contributed by atoms with Gasteiger partial charge in [-0.1, -0.05) is 65.0 Å². The first-order chi connectivity index (χ1) is 15.5. The molecular formula is C26H38N2O4S. The van der Waals surface area contributed by atoms with Gasteiger partial charge in [-0.2, -0.15) is 8.42 Å². The fourth-order valence-corrected chi connectivity index (χ4v) is 4.13. The van der Waals surface area contributed by atoms with Crippen LogP contribution in [0.1, 0.15) is 83.4 Å². The zero-order valence-corrected chi connectivity index (χ0v) is 21.7. The van der Waals surface area contributed by atoms with E-state index in [0.29, 0.717) is 6.54 Å². The minimum atomic E-state index is -3.61. The van der Waals surface area contributed by atoms with Crippen molar-refractivity contribution in [2.45, 2.75) is 79.3 Å². The molecule has 2 aromatic carbocycles. The van der Waals surface area contributed by atoms with E-state index >= 15 is 0 Å². The van der Waals surface area contributed by atoms with Crippen LogP contribution in [-0.4, -0.2) is 31.1 Å². The van der Waals surface area contributed by atoms with Crippen molar-refractivity contribution in [1.82, 2.24) is 4.90 Å². The maximum atomic E-state index is 13.5. The average molecular weight is 475 g/mol. The predicted octanol–water partition coefficient (Wildman–Crippen LogP) is 6.49. The molecule has 7 heteroatoms. The zero-order valence-electron chi connectivity index (χ0n) is 20.9. The summed E-state index contributed by atoms with van der Waals surface area (Å²) < 4.78 is 28.8. The molecule has 2 amide bonds. The summed E-state index contributed by atoms with van der Waals surface area (Å²) in [6.07, 6.45) is 0.788. The van der Waals surface area contributed by atoms with Gasteiger partial charge in [0.25, 0.3) is 0 Å². The Balaban J connectivity index is 2.35. The number of carbonyl (C=O) groups is 1. The molecule has 0 aliphatic heterocycles. The van der Waals surface area contributed by atoms with Crippen LogP contribution in [0.3, 0.4) is 0 Å². The Morgan fingerprint density at radius 1 is 0.970 bits per heavy atom. The molecule has 0 aliphatic carbocycles. The van der Waals surface area contributed by atoms with Crippen molar-refractivity contribution in [1.29, 1.82) is 0 Å². The molecule has 0 fully saturated rings. The molecule has 33 heavy (non-hydrogen) atoms. The van der Waals surface area contributed by atoms with Gasteiger partial charge in [0, 0.05) is 18.3 Å². The molecule has 0 aromatic heterocycles. The van der Waals surface area contributed by atoms with Crippen molar-refractivity contribution in [3.8, 4) is 5.75 Å². The van der Waals surface area contributed by atoms with E-state index in [1.807, 2.05) is 26.0 Å². The summed E-state index contributed by atoms with van der Waals surface area (Å²) in [6, 6.07) is 12.9. The minimum Gasteiger partial charge on any atom is -0.382 e. The lowest BCUT2D eigenvalue weighted by atomic mass is 9.92. The Hall–Kier alpha value is -2.54. The van der Waals surface area contributed by atoms with Crippen LogP contribution in [-0.2, 0) is 16.7 Å². The lowest BCUT2D eigenvalue weighted by Crippen LogP contribution is -2.41. The van der Waals surface area contributed by atoms with E-state index in [1.165, 1.54) is 6.92 Å². The number of para-hydroxylation sites is 1. The number of anilines is 1. The Labute approximate surface area is 199 Å². The molecule has 0 saturated carbocycles. The maximum Gasteiger partial charge on any atom is 0.322 e. The monoisotopic (exact) mass is 474 g/mol. The molecule has 1 N–H and O–H groups in total. The SMILES string of the molecule is CCC(C)N(Cc1cccc(OS(=O)(=O)CC)c1)C(=O)Nc1c(C(C)C)cccc1C(C)C. The lowest BCUT2D eigenvalue weighted by molar-refractivity contribution is 0.187. The summed E-state index contributed by atoms with van der Waals surface area (Å²) >= 11 is 0. The van der Waals surface area contributed by atoms with Gasteiger partial charge < -0.3 is 14.4 Å². The van der Waals surface area contributed by atoms with Crippen molar-refractivity contribution < 1.29 is 17.4 Å². The number of hydrogen-bond acceptors (Lipinski definition) is 4. The molecule has 0 radical (unpaired) electrons. The van der Waals surface area contributed by atoms with Gasteiger partial charge in [0.2, 0.25) is 0 Å². The van der Waals surface area contributed by atoms with Crippen LogP contribution < -0.4 is 9.50 Å². The fourth-order valence-electron chi connectivity index (χ4n) is 3.62. The van der Waals surface area contributed by atoms with Gasteiger partial charge in [0.1, 0.15) is 5.75 Å². The first-order valence-corrected chi connectivity index (χ1v) is 13.3. The average Bonchev–Trinajstić information content (AvgIpc) is 2.76. The van der Waals surface area contributed by atoms with E-state index in [1.54, 1.807) is 23.1 Å². The van der Waals surface area contributed by atoms with Crippen molar-refractivity contribution in [2.75, 3.05) is 11.1 Å². The first kappa shape index (κ1) is 26.7. The fraction of sp³-hybridized carbons (Fsp3) is 0.500.